The van der Waals surface area contributed by atoms with Gasteiger partial charge in [-0.3, -0.25) is 4.79 Å². The highest BCUT2D eigenvalue weighted by atomic mass is 35.5. The summed E-state index contributed by atoms with van der Waals surface area (Å²) in [7, 11) is 0. The number of benzene rings is 1. The topological polar surface area (TPSA) is 42.0 Å². The molecule has 0 saturated heterocycles. The molecule has 1 aromatic heterocycles. The van der Waals surface area contributed by atoms with Crippen LogP contribution in [0.4, 0.5) is 5.13 Å². The van der Waals surface area contributed by atoms with Crippen LogP contribution in [-0.2, 0) is 4.79 Å². The summed E-state index contributed by atoms with van der Waals surface area (Å²) in [6.45, 7) is 2.25. The maximum absolute atomic E-state index is 12.0. The zero-order valence-corrected chi connectivity index (χ0v) is 17.2. The van der Waals surface area contributed by atoms with Gasteiger partial charge in [0.25, 0.3) is 0 Å². The fourth-order valence-corrected chi connectivity index (χ4v) is 3.72. The van der Waals surface area contributed by atoms with Gasteiger partial charge < -0.3 is 5.32 Å². The normalized spacial score (nSPS) is 10.8. The Balaban J connectivity index is 1.60. The summed E-state index contributed by atoms with van der Waals surface area (Å²) >= 11 is 7.36. The van der Waals surface area contributed by atoms with Crippen molar-refractivity contribution in [1.82, 2.24) is 4.98 Å². The third-order valence-electron chi connectivity index (χ3n) is 4.40. The Kier molecular flexibility index (Phi) is 9.72. The van der Waals surface area contributed by atoms with E-state index in [-0.39, 0.29) is 5.91 Å². The number of hydrogen-bond acceptors (Lipinski definition) is 3. The SMILES string of the molecule is CCCCCCCCCCCC(=O)Nc1nc(-c2ccc(Cl)cc2)cs1. The van der Waals surface area contributed by atoms with Crippen molar-refractivity contribution >= 4 is 34.0 Å². The summed E-state index contributed by atoms with van der Waals surface area (Å²) in [5.41, 5.74) is 1.87. The lowest BCUT2D eigenvalue weighted by Crippen LogP contribution is -2.10. The number of nitrogens with zero attached hydrogens (tertiary/aromatic N) is 1. The van der Waals surface area contributed by atoms with Crippen LogP contribution in [-0.4, -0.2) is 10.9 Å². The molecule has 1 N–H and O–H groups in total. The van der Waals surface area contributed by atoms with E-state index in [1.165, 1.54) is 56.3 Å². The molecule has 1 amide bonds. The average Bonchev–Trinajstić information content (AvgIpc) is 3.09. The molecule has 0 aliphatic heterocycles. The molecule has 0 radical (unpaired) electrons. The Morgan fingerprint density at radius 3 is 2.27 bits per heavy atom. The van der Waals surface area contributed by atoms with Gasteiger partial charge in [-0.05, 0) is 18.6 Å². The van der Waals surface area contributed by atoms with Crippen molar-refractivity contribution in [2.45, 2.75) is 71.1 Å². The summed E-state index contributed by atoms with van der Waals surface area (Å²) in [6, 6.07) is 7.56. The van der Waals surface area contributed by atoms with E-state index >= 15 is 0 Å². The van der Waals surface area contributed by atoms with E-state index in [2.05, 4.69) is 17.2 Å². The van der Waals surface area contributed by atoms with Crippen LogP contribution in [0.25, 0.3) is 11.3 Å². The number of amides is 1. The Hall–Kier alpha value is -1.39. The molecule has 1 heterocycles. The van der Waals surface area contributed by atoms with E-state index in [1.807, 2.05) is 29.6 Å². The predicted octanol–water partition coefficient (Wildman–Crippen LogP) is 7.32. The second kappa shape index (κ2) is 12.1. The first-order chi connectivity index (χ1) is 12.7. The van der Waals surface area contributed by atoms with Crippen molar-refractivity contribution in [2.75, 3.05) is 5.32 Å². The number of unbranched alkanes of at least 4 members (excludes halogenated alkanes) is 8. The van der Waals surface area contributed by atoms with Crippen molar-refractivity contribution in [3.8, 4) is 11.3 Å². The van der Waals surface area contributed by atoms with Gasteiger partial charge in [-0.15, -0.1) is 11.3 Å². The fourth-order valence-electron chi connectivity index (χ4n) is 2.86. The van der Waals surface area contributed by atoms with Crippen molar-refractivity contribution in [1.29, 1.82) is 0 Å². The molecule has 0 aliphatic rings. The van der Waals surface area contributed by atoms with Crippen molar-refractivity contribution in [2.24, 2.45) is 0 Å². The van der Waals surface area contributed by atoms with Crippen LogP contribution in [0.1, 0.15) is 71.1 Å². The number of aromatic nitrogens is 1. The quantitative estimate of drug-likeness (QED) is 0.384. The lowest BCUT2D eigenvalue weighted by atomic mass is 10.1. The zero-order chi connectivity index (χ0) is 18.6. The van der Waals surface area contributed by atoms with E-state index in [9.17, 15) is 4.79 Å². The number of carbonyl (C=O) groups is 1. The molecule has 142 valence electrons. The van der Waals surface area contributed by atoms with Gasteiger partial charge >= 0.3 is 0 Å². The number of anilines is 1. The number of rotatable bonds is 12. The van der Waals surface area contributed by atoms with Crippen molar-refractivity contribution in [3.63, 3.8) is 0 Å². The monoisotopic (exact) mass is 392 g/mol. The largest absolute Gasteiger partial charge is 0.302 e. The van der Waals surface area contributed by atoms with Gasteiger partial charge in [0.15, 0.2) is 5.13 Å². The van der Waals surface area contributed by atoms with Crippen LogP contribution in [0, 0.1) is 0 Å². The molecule has 0 saturated carbocycles. The molecule has 0 atom stereocenters. The number of nitrogens with one attached hydrogen (secondary N) is 1. The number of thiazole rings is 1. The van der Waals surface area contributed by atoms with E-state index in [0.29, 0.717) is 16.6 Å². The minimum absolute atomic E-state index is 0.0601. The standard InChI is InChI=1S/C21H29ClN2OS/c1-2-3-4-5-6-7-8-9-10-11-20(25)24-21-23-19(16-26-21)17-12-14-18(22)15-13-17/h12-16H,2-11H2,1H3,(H,23,24,25). The zero-order valence-electron chi connectivity index (χ0n) is 15.6. The summed E-state index contributed by atoms with van der Waals surface area (Å²) in [5.74, 6) is 0.0601. The van der Waals surface area contributed by atoms with Crippen LogP contribution in [0.5, 0.6) is 0 Å². The van der Waals surface area contributed by atoms with Gasteiger partial charge in [0.1, 0.15) is 0 Å². The van der Waals surface area contributed by atoms with E-state index in [1.54, 1.807) is 0 Å². The van der Waals surface area contributed by atoms with Gasteiger partial charge in [-0.1, -0.05) is 82.0 Å². The van der Waals surface area contributed by atoms with Gasteiger partial charge in [0.05, 0.1) is 5.69 Å². The second-order valence-electron chi connectivity index (χ2n) is 6.67. The Labute approximate surface area is 166 Å². The van der Waals surface area contributed by atoms with Crippen LogP contribution in [0.15, 0.2) is 29.6 Å². The highest BCUT2D eigenvalue weighted by Gasteiger charge is 2.08. The van der Waals surface area contributed by atoms with E-state index < -0.39 is 0 Å². The summed E-state index contributed by atoms with van der Waals surface area (Å²) in [4.78, 5) is 16.5. The molecule has 0 aliphatic carbocycles. The van der Waals surface area contributed by atoms with Crippen LogP contribution >= 0.6 is 22.9 Å². The first-order valence-corrected chi connectivity index (χ1v) is 11.0. The number of carbonyl (C=O) groups excluding carboxylic acids is 1. The second-order valence-corrected chi connectivity index (χ2v) is 7.97. The molecule has 5 heteroatoms. The number of hydrogen-bond donors (Lipinski definition) is 1. The third-order valence-corrected chi connectivity index (χ3v) is 5.41. The van der Waals surface area contributed by atoms with Crippen molar-refractivity contribution < 1.29 is 4.79 Å². The molecule has 2 rings (SSSR count). The summed E-state index contributed by atoms with van der Waals surface area (Å²) in [6.07, 6.45) is 11.9. The third kappa shape index (κ3) is 7.88. The lowest BCUT2D eigenvalue weighted by Gasteiger charge is -2.03. The van der Waals surface area contributed by atoms with Gasteiger partial charge in [0.2, 0.25) is 5.91 Å². The first-order valence-electron chi connectivity index (χ1n) is 9.70. The first kappa shape index (κ1) is 20.9. The average molecular weight is 393 g/mol. The van der Waals surface area contributed by atoms with Gasteiger partial charge in [-0.2, -0.15) is 0 Å². The fraction of sp³-hybridized carbons (Fsp3) is 0.524. The predicted molar refractivity (Wildman–Crippen MR) is 113 cm³/mol. The molecular formula is C21H29ClN2OS. The molecule has 0 unspecified atom stereocenters. The Bertz CT molecular complexity index is 654. The van der Waals surface area contributed by atoms with E-state index in [4.69, 9.17) is 11.6 Å². The van der Waals surface area contributed by atoms with Gasteiger partial charge in [0, 0.05) is 22.4 Å². The molecule has 26 heavy (non-hydrogen) atoms. The maximum atomic E-state index is 12.0. The molecule has 0 bridgehead atoms. The smallest absolute Gasteiger partial charge is 0.226 e. The molecule has 0 fully saturated rings. The Morgan fingerprint density at radius 1 is 1.00 bits per heavy atom. The molecular weight excluding hydrogens is 364 g/mol. The minimum atomic E-state index is 0.0601. The van der Waals surface area contributed by atoms with E-state index in [0.717, 1.165) is 24.1 Å². The van der Waals surface area contributed by atoms with Crippen molar-refractivity contribution in [3.05, 3.63) is 34.7 Å². The number of halogens is 1. The lowest BCUT2D eigenvalue weighted by molar-refractivity contribution is -0.116. The maximum Gasteiger partial charge on any atom is 0.226 e. The Morgan fingerprint density at radius 2 is 1.62 bits per heavy atom. The molecule has 2 aromatic rings. The van der Waals surface area contributed by atoms with Crippen LogP contribution in [0.3, 0.4) is 0 Å². The summed E-state index contributed by atoms with van der Waals surface area (Å²) in [5, 5.41) is 6.24. The molecule has 0 spiro atoms. The summed E-state index contributed by atoms with van der Waals surface area (Å²) < 4.78 is 0. The molecule has 3 nitrogen and oxygen atoms in total. The van der Waals surface area contributed by atoms with Gasteiger partial charge in [-0.25, -0.2) is 4.98 Å². The molecule has 1 aromatic carbocycles. The van der Waals surface area contributed by atoms with Crippen LogP contribution < -0.4 is 5.32 Å². The van der Waals surface area contributed by atoms with Crippen LogP contribution in [0.2, 0.25) is 5.02 Å². The minimum Gasteiger partial charge on any atom is -0.302 e. The highest BCUT2D eigenvalue weighted by molar-refractivity contribution is 7.14. The highest BCUT2D eigenvalue weighted by Crippen LogP contribution is 2.26.